The summed E-state index contributed by atoms with van der Waals surface area (Å²) in [4.78, 5) is 35.0. The van der Waals surface area contributed by atoms with E-state index in [1.54, 1.807) is 25.9 Å². The van der Waals surface area contributed by atoms with Gasteiger partial charge in [-0.05, 0) is 19.1 Å². The van der Waals surface area contributed by atoms with Crippen LogP contribution in [-0.2, 0) is 0 Å². The molecule has 0 atom stereocenters. The van der Waals surface area contributed by atoms with Crippen LogP contribution in [0, 0.1) is 27.2 Å². The Bertz CT molecular complexity index is 864. The molecule has 25 heavy (non-hydrogen) atoms. The molecule has 0 saturated carbocycles. The number of benzene rings is 2. The summed E-state index contributed by atoms with van der Waals surface area (Å²) in [5, 5.41) is 24.5. The molecule has 2 rings (SSSR count). The number of hydrogen-bond donors (Lipinski definition) is 1. The van der Waals surface area contributed by atoms with E-state index in [2.05, 4.69) is 5.32 Å². The van der Waals surface area contributed by atoms with Crippen LogP contribution in [0.5, 0.6) is 0 Å². The third-order valence-electron chi connectivity index (χ3n) is 3.58. The largest absolute Gasteiger partial charge is 0.377 e. The van der Waals surface area contributed by atoms with Gasteiger partial charge in [0.1, 0.15) is 0 Å². The van der Waals surface area contributed by atoms with Gasteiger partial charge in [0, 0.05) is 49.2 Å². The molecular formula is C16H16N4O5. The Morgan fingerprint density at radius 1 is 1.04 bits per heavy atom. The summed E-state index contributed by atoms with van der Waals surface area (Å²) in [5.41, 5.74) is 0.952. The highest BCUT2D eigenvalue weighted by atomic mass is 16.6. The number of carbonyl (C=O) groups is 1. The van der Waals surface area contributed by atoms with E-state index in [4.69, 9.17) is 0 Å². The first-order valence-corrected chi connectivity index (χ1v) is 7.23. The quantitative estimate of drug-likeness (QED) is 0.657. The number of hydrogen-bond acceptors (Lipinski definition) is 6. The van der Waals surface area contributed by atoms with Crippen LogP contribution >= 0.6 is 0 Å². The van der Waals surface area contributed by atoms with E-state index >= 15 is 0 Å². The second kappa shape index (κ2) is 6.95. The number of nitrogens with zero attached hydrogens (tertiary/aromatic N) is 3. The zero-order valence-corrected chi connectivity index (χ0v) is 13.8. The van der Waals surface area contributed by atoms with Gasteiger partial charge in [0.2, 0.25) is 0 Å². The SMILES string of the molecule is Cc1ccc(NC(=O)c2cc([N+](=O)[O-])ccc2N(C)C)cc1[N+](=O)[O-]. The lowest BCUT2D eigenvalue weighted by Crippen LogP contribution is -2.19. The minimum atomic E-state index is -0.592. The van der Waals surface area contributed by atoms with Crippen molar-refractivity contribution in [3.05, 3.63) is 67.8 Å². The molecule has 0 aliphatic heterocycles. The number of amides is 1. The highest BCUT2D eigenvalue weighted by Crippen LogP contribution is 2.27. The molecule has 0 bridgehead atoms. The summed E-state index contributed by atoms with van der Waals surface area (Å²) in [6.45, 7) is 1.59. The lowest BCUT2D eigenvalue weighted by molar-refractivity contribution is -0.385. The predicted octanol–water partition coefficient (Wildman–Crippen LogP) is 3.13. The van der Waals surface area contributed by atoms with Crippen molar-refractivity contribution in [2.24, 2.45) is 0 Å². The second-order valence-electron chi connectivity index (χ2n) is 5.57. The number of aryl methyl sites for hydroxylation is 1. The third-order valence-corrected chi connectivity index (χ3v) is 3.58. The molecule has 9 nitrogen and oxygen atoms in total. The molecule has 0 saturated heterocycles. The van der Waals surface area contributed by atoms with Gasteiger partial charge >= 0.3 is 0 Å². The molecule has 9 heteroatoms. The van der Waals surface area contributed by atoms with Gasteiger partial charge in [-0.3, -0.25) is 25.0 Å². The molecule has 0 unspecified atom stereocenters. The molecule has 0 fully saturated rings. The van der Waals surface area contributed by atoms with Crippen LogP contribution in [-0.4, -0.2) is 29.8 Å². The Labute approximate surface area is 143 Å². The summed E-state index contributed by atoms with van der Waals surface area (Å²) < 4.78 is 0. The van der Waals surface area contributed by atoms with Crippen LogP contribution in [0.1, 0.15) is 15.9 Å². The number of rotatable bonds is 5. The molecule has 1 amide bonds. The van der Waals surface area contributed by atoms with E-state index in [9.17, 15) is 25.0 Å². The van der Waals surface area contributed by atoms with Crippen LogP contribution in [0.15, 0.2) is 36.4 Å². The van der Waals surface area contributed by atoms with Crippen LogP contribution < -0.4 is 10.2 Å². The standard InChI is InChI=1S/C16H16N4O5/c1-10-4-5-11(8-15(10)20(24)25)17-16(21)13-9-12(19(22)23)6-7-14(13)18(2)3/h4-9H,1-3H3,(H,17,21). The fraction of sp³-hybridized carbons (Fsp3) is 0.188. The summed E-state index contributed by atoms with van der Waals surface area (Å²) in [7, 11) is 3.41. The fourth-order valence-electron chi connectivity index (χ4n) is 2.29. The minimum absolute atomic E-state index is 0.0995. The van der Waals surface area contributed by atoms with Gasteiger partial charge in [-0.25, -0.2) is 0 Å². The van der Waals surface area contributed by atoms with Crippen molar-refractivity contribution in [2.45, 2.75) is 6.92 Å². The number of anilines is 2. The maximum absolute atomic E-state index is 12.6. The first-order valence-electron chi connectivity index (χ1n) is 7.23. The fourth-order valence-corrected chi connectivity index (χ4v) is 2.29. The Hall–Kier alpha value is -3.49. The van der Waals surface area contributed by atoms with Crippen LogP contribution in [0.2, 0.25) is 0 Å². The van der Waals surface area contributed by atoms with Gasteiger partial charge in [-0.15, -0.1) is 0 Å². The summed E-state index contributed by atoms with van der Waals surface area (Å²) in [6, 6.07) is 8.27. The summed E-state index contributed by atoms with van der Waals surface area (Å²) in [5.74, 6) is -0.592. The second-order valence-corrected chi connectivity index (χ2v) is 5.57. The number of nitro groups is 2. The molecule has 0 radical (unpaired) electrons. The predicted molar refractivity (Wildman–Crippen MR) is 93.2 cm³/mol. The number of nitrogens with one attached hydrogen (secondary N) is 1. The van der Waals surface area contributed by atoms with Crippen LogP contribution in [0.3, 0.4) is 0 Å². The van der Waals surface area contributed by atoms with Gasteiger partial charge in [-0.1, -0.05) is 6.07 Å². The molecule has 0 heterocycles. The van der Waals surface area contributed by atoms with Crippen LogP contribution in [0.25, 0.3) is 0 Å². The number of carbonyl (C=O) groups excluding carboxylic acids is 1. The summed E-state index contributed by atoms with van der Waals surface area (Å²) >= 11 is 0. The molecule has 2 aromatic rings. The van der Waals surface area contributed by atoms with E-state index in [1.165, 1.54) is 36.4 Å². The average molecular weight is 344 g/mol. The zero-order valence-electron chi connectivity index (χ0n) is 13.8. The van der Waals surface area contributed by atoms with Crippen molar-refractivity contribution in [3.63, 3.8) is 0 Å². The molecule has 0 spiro atoms. The number of nitro benzene ring substituents is 2. The van der Waals surface area contributed by atoms with Gasteiger partial charge < -0.3 is 10.2 Å². The van der Waals surface area contributed by atoms with Crippen molar-refractivity contribution in [1.82, 2.24) is 0 Å². The van der Waals surface area contributed by atoms with Crippen molar-refractivity contribution in [3.8, 4) is 0 Å². The first-order chi connectivity index (χ1) is 11.7. The maximum atomic E-state index is 12.6. The van der Waals surface area contributed by atoms with Gasteiger partial charge in [0.05, 0.1) is 15.4 Å². The molecule has 130 valence electrons. The Kier molecular flexibility index (Phi) is 4.97. The highest BCUT2D eigenvalue weighted by Gasteiger charge is 2.19. The van der Waals surface area contributed by atoms with E-state index in [0.29, 0.717) is 11.3 Å². The van der Waals surface area contributed by atoms with Crippen molar-refractivity contribution in [1.29, 1.82) is 0 Å². The molecule has 0 aromatic heterocycles. The lowest BCUT2D eigenvalue weighted by atomic mass is 10.1. The Morgan fingerprint density at radius 2 is 1.72 bits per heavy atom. The monoisotopic (exact) mass is 344 g/mol. The maximum Gasteiger partial charge on any atom is 0.274 e. The van der Waals surface area contributed by atoms with Crippen molar-refractivity contribution < 1.29 is 14.6 Å². The topological polar surface area (TPSA) is 119 Å². The Balaban J connectivity index is 2.41. The third kappa shape index (κ3) is 3.89. The Morgan fingerprint density at radius 3 is 2.28 bits per heavy atom. The van der Waals surface area contributed by atoms with E-state index in [0.717, 1.165) is 0 Å². The lowest BCUT2D eigenvalue weighted by Gasteiger charge is -2.17. The van der Waals surface area contributed by atoms with Crippen molar-refractivity contribution in [2.75, 3.05) is 24.3 Å². The molecule has 0 aliphatic rings. The van der Waals surface area contributed by atoms with Crippen LogP contribution in [0.4, 0.5) is 22.7 Å². The first kappa shape index (κ1) is 17.9. The van der Waals surface area contributed by atoms with E-state index in [1.807, 2.05) is 0 Å². The molecular weight excluding hydrogens is 328 g/mol. The molecule has 1 N–H and O–H groups in total. The summed E-state index contributed by atoms with van der Waals surface area (Å²) in [6.07, 6.45) is 0. The normalized spacial score (nSPS) is 10.2. The van der Waals surface area contributed by atoms with Crippen molar-refractivity contribution >= 4 is 28.7 Å². The smallest absolute Gasteiger partial charge is 0.274 e. The zero-order chi connectivity index (χ0) is 18.7. The van der Waals surface area contributed by atoms with E-state index < -0.39 is 15.8 Å². The minimum Gasteiger partial charge on any atom is -0.377 e. The average Bonchev–Trinajstić information content (AvgIpc) is 2.55. The van der Waals surface area contributed by atoms with Gasteiger partial charge in [0.25, 0.3) is 17.3 Å². The molecule has 0 aliphatic carbocycles. The number of non-ortho nitro benzene ring substituents is 1. The highest BCUT2D eigenvalue weighted by molar-refractivity contribution is 6.08. The molecule has 2 aromatic carbocycles. The van der Waals surface area contributed by atoms with Gasteiger partial charge in [-0.2, -0.15) is 0 Å². The van der Waals surface area contributed by atoms with E-state index in [-0.39, 0.29) is 22.6 Å². The van der Waals surface area contributed by atoms with Gasteiger partial charge in [0.15, 0.2) is 0 Å².